The van der Waals surface area contributed by atoms with E-state index in [1.165, 1.54) is 29.3 Å². The number of carboxylic acid groups (broad SMARTS) is 1. The van der Waals surface area contributed by atoms with E-state index in [0.717, 1.165) is 10.2 Å². The van der Waals surface area contributed by atoms with Crippen molar-refractivity contribution in [2.24, 2.45) is 0 Å². The van der Waals surface area contributed by atoms with E-state index in [1.54, 1.807) is 30.3 Å². The fourth-order valence-electron chi connectivity index (χ4n) is 3.19. The van der Waals surface area contributed by atoms with E-state index in [1.807, 2.05) is 20.8 Å². The summed E-state index contributed by atoms with van der Waals surface area (Å²) < 4.78 is 17.3. The lowest BCUT2D eigenvalue weighted by atomic mass is 9.86. The summed E-state index contributed by atoms with van der Waals surface area (Å²) in [5.41, 5.74) is 0.925. The Morgan fingerprint density at radius 1 is 1.06 bits per heavy atom. The molecule has 2 heterocycles. The highest BCUT2D eigenvalue weighted by atomic mass is 19.1. The highest BCUT2D eigenvalue weighted by Gasteiger charge is 2.19. The van der Waals surface area contributed by atoms with Gasteiger partial charge in [-0.25, -0.2) is 13.9 Å². The van der Waals surface area contributed by atoms with Crippen molar-refractivity contribution < 1.29 is 14.3 Å². The van der Waals surface area contributed by atoms with Crippen LogP contribution in [0.15, 0.2) is 59.8 Å². The van der Waals surface area contributed by atoms with Crippen LogP contribution in [0, 0.1) is 5.82 Å². The Bertz CT molecular complexity index is 1350. The maximum Gasteiger partial charge on any atom is 0.338 e. The second kappa shape index (κ2) is 7.77. The van der Waals surface area contributed by atoms with Crippen LogP contribution in [0.4, 0.5) is 4.39 Å². The number of hydrogen-bond donors (Lipinski definition) is 2. The minimum absolute atomic E-state index is 0. The van der Waals surface area contributed by atoms with Crippen LogP contribution in [-0.4, -0.2) is 30.6 Å². The van der Waals surface area contributed by atoms with Crippen molar-refractivity contribution in [2.75, 3.05) is 0 Å². The number of halogens is 1. The lowest BCUT2D eigenvalue weighted by Crippen LogP contribution is -2.22. The summed E-state index contributed by atoms with van der Waals surface area (Å²) in [6.07, 6.45) is 4.07. The van der Waals surface area contributed by atoms with Crippen LogP contribution in [0.1, 0.15) is 36.7 Å². The molecule has 2 aromatic carbocycles. The van der Waals surface area contributed by atoms with Crippen LogP contribution in [0.5, 0.6) is 0 Å². The molecule has 0 aliphatic heterocycles. The Hall–Kier alpha value is -3.85. The minimum Gasteiger partial charge on any atom is -0.478 e. The maximum atomic E-state index is 14.8. The smallest absolute Gasteiger partial charge is 0.338 e. The van der Waals surface area contributed by atoms with Gasteiger partial charge in [-0.3, -0.25) is 4.79 Å². The van der Waals surface area contributed by atoms with Crippen molar-refractivity contribution in [3.63, 3.8) is 0 Å². The zero-order valence-electron chi connectivity index (χ0n) is 17.3. The van der Waals surface area contributed by atoms with E-state index in [-0.39, 0.29) is 22.5 Å². The molecule has 4 N–H and O–H groups in total. The molecule has 31 heavy (non-hydrogen) atoms. The second-order valence-electron chi connectivity index (χ2n) is 8.03. The van der Waals surface area contributed by atoms with E-state index >= 15 is 0 Å². The van der Waals surface area contributed by atoms with Crippen molar-refractivity contribution in [3.8, 4) is 11.4 Å². The van der Waals surface area contributed by atoms with Crippen LogP contribution in [-0.2, 0) is 5.41 Å². The van der Waals surface area contributed by atoms with Crippen LogP contribution in [0.3, 0.4) is 0 Å². The Morgan fingerprint density at radius 3 is 2.42 bits per heavy atom. The monoisotopic (exact) mass is 423 g/mol. The second-order valence-corrected chi connectivity index (χ2v) is 8.03. The van der Waals surface area contributed by atoms with Gasteiger partial charge in [-0.05, 0) is 41.3 Å². The third-order valence-electron chi connectivity index (χ3n) is 4.87. The number of carboxylic acids is 1. The van der Waals surface area contributed by atoms with Crippen molar-refractivity contribution in [1.29, 1.82) is 0 Å². The summed E-state index contributed by atoms with van der Waals surface area (Å²) in [6, 6.07) is 9.86. The molecule has 4 rings (SSSR count). The van der Waals surface area contributed by atoms with Gasteiger partial charge in [0.2, 0.25) is 0 Å². The molecule has 0 saturated carbocycles. The Morgan fingerprint density at radius 2 is 1.77 bits per heavy atom. The molecule has 0 saturated heterocycles. The number of aromatic nitrogens is 4. The largest absolute Gasteiger partial charge is 0.478 e. The zero-order chi connectivity index (χ0) is 21.6. The summed E-state index contributed by atoms with van der Waals surface area (Å²) in [5, 5.41) is 17.7. The van der Waals surface area contributed by atoms with Gasteiger partial charge in [0.25, 0.3) is 5.56 Å². The number of rotatable bonds is 3. The first kappa shape index (κ1) is 21.8. The fourth-order valence-corrected chi connectivity index (χ4v) is 3.19. The zero-order valence-corrected chi connectivity index (χ0v) is 17.3. The molecule has 0 bridgehead atoms. The van der Waals surface area contributed by atoms with Gasteiger partial charge < -0.3 is 11.3 Å². The molecular formula is C22H22FN5O3. The lowest BCUT2D eigenvalue weighted by molar-refractivity contribution is 0.0697. The molecule has 0 radical (unpaired) electrons. The van der Waals surface area contributed by atoms with Gasteiger partial charge in [-0.1, -0.05) is 26.8 Å². The van der Waals surface area contributed by atoms with Gasteiger partial charge in [-0.2, -0.15) is 14.9 Å². The number of hydrogen-bond acceptors (Lipinski definition) is 5. The van der Waals surface area contributed by atoms with E-state index < -0.39 is 17.3 Å². The molecule has 2 aromatic heterocycles. The summed E-state index contributed by atoms with van der Waals surface area (Å²) in [6.45, 7) is 5.91. The molecule has 9 heteroatoms. The molecule has 4 aromatic rings. The van der Waals surface area contributed by atoms with Gasteiger partial charge in [0.15, 0.2) is 0 Å². The van der Waals surface area contributed by atoms with Crippen LogP contribution < -0.4 is 11.7 Å². The van der Waals surface area contributed by atoms with Crippen molar-refractivity contribution in [2.45, 2.75) is 26.2 Å². The Kier molecular flexibility index (Phi) is 5.47. The minimum atomic E-state index is -1.09. The first-order valence-corrected chi connectivity index (χ1v) is 9.26. The highest BCUT2D eigenvalue weighted by Crippen LogP contribution is 2.27. The summed E-state index contributed by atoms with van der Waals surface area (Å²) in [7, 11) is 0. The topological polar surface area (TPSA) is 125 Å². The predicted octanol–water partition coefficient (Wildman–Crippen LogP) is 3.87. The number of aromatic carboxylic acids is 1. The third kappa shape index (κ3) is 3.95. The average Bonchev–Trinajstić information content (AvgIpc) is 3.18. The molecule has 160 valence electrons. The van der Waals surface area contributed by atoms with Gasteiger partial charge >= 0.3 is 5.97 Å². The van der Waals surface area contributed by atoms with Gasteiger partial charge in [0, 0.05) is 11.6 Å². The van der Waals surface area contributed by atoms with Crippen LogP contribution >= 0.6 is 0 Å². The molecule has 0 amide bonds. The van der Waals surface area contributed by atoms with E-state index in [4.69, 9.17) is 5.11 Å². The molecule has 0 spiro atoms. The molecular weight excluding hydrogens is 401 g/mol. The summed E-state index contributed by atoms with van der Waals surface area (Å²) >= 11 is 0. The van der Waals surface area contributed by atoms with E-state index in [9.17, 15) is 14.0 Å². The lowest BCUT2D eigenvalue weighted by Gasteiger charge is -2.19. The first-order chi connectivity index (χ1) is 14.1. The Labute approximate surface area is 177 Å². The fraction of sp³-hybridized carbons (Fsp3) is 0.182. The number of fused-ring (bicyclic) bond motifs is 1. The molecule has 0 aliphatic carbocycles. The van der Waals surface area contributed by atoms with Crippen molar-refractivity contribution >= 4 is 16.7 Å². The standard InChI is InChI=1S/C22H19FN4O3.H3N/c1-22(2,3)15-7-13-10-25-27(20(28)19(13)18(23)8-15)17-6-4-5-16(9-17)26-12-14(11-24-26)21(29)30;/h4-12H,1-3H3,(H,29,30);1H3. The molecule has 0 unspecified atom stereocenters. The number of benzene rings is 2. The molecule has 0 atom stereocenters. The van der Waals surface area contributed by atoms with Gasteiger partial charge in [0.1, 0.15) is 5.82 Å². The quantitative estimate of drug-likeness (QED) is 0.515. The number of carbonyl (C=O) groups is 1. The van der Waals surface area contributed by atoms with Gasteiger partial charge in [-0.15, -0.1) is 0 Å². The van der Waals surface area contributed by atoms with Crippen LogP contribution in [0.25, 0.3) is 22.1 Å². The van der Waals surface area contributed by atoms with E-state index in [0.29, 0.717) is 16.8 Å². The SMILES string of the molecule is CC(C)(C)c1cc(F)c2c(=O)n(-c3cccc(-n4cc(C(=O)O)cn4)c3)ncc2c1.N. The van der Waals surface area contributed by atoms with Crippen LogP contribution in [0.2, 0.25) is 0 Å². The normalized spacial score (nSPS) is 11.4. The average molecular weight is 423 g/mol. The third-order valence-corrected chi connectivity index (χ3v) is 4.87. The maximum absolute atomic E-state index is 14.8. The predicted molar refractivity (Wildman–Crippen MR) is 115 cm³/mol. The molecule has 8 nitrogen and oxygen atoms in total. The van der Waals surface area contributed by atoms with Gasteiger partial charge in [0.05, 0.1) is 34.7 Å². The molecule has 0 aliphatic rings. The molecule has 0 fully saturated rings. The van der Waals surface area contributed by atoms with E-state index in [2.05, 4.69) is 10.2 Å². The number of nitrogens with zero attached hydrogens (tertiary/aromatic N) is 4. The first-order valence-electron chi connectivity index (χ1n) is 9.26. The summed E-state index contributed by atoms with van der Waals surface area (Å²) in [4.78, 5) is 24.1. The van der Waals surface area contributed by atoms with Crippen molar-refractivity contribution in [1.82, 2.24) is 25.7 Å². The summed E-state index contributed by atoms with van der Waals surface area (Å²) in [5.74, 6) is -1.68. The van der Waals surface area contributed by atoms with Crippen molar-refractivity contribution in [3.05, 3.63) is 82.3 Å². The highest BCUT2D eigenvalue weighted by molar-refractivity contribution is 5.87. The Balaban J connectivity index is 0.00000272.